The maximum absolute atomic E-state index is 13.9. The largest absolute Gasteiger partial charge is 0.388 e. The summed E-state index contributed by atoms with van der Waals surface area (Å²) in [6, 6.07) is 8.06. The van der Waals surface area contributed by atoms with Gasteiger partial charge in [0.15, 0.2) is 0 Å². The average molecular weight is 281 g/mol. The maximum atomic E-state index is 13.9. The molecule has 0 aliphatic rings. The van der Waals surface area contributed by atoms with E-state index in [1.54, 1.807) is 30.6 Å². The zero-order valence-electron chi connectivity index (χ0n) is 10.1. The van der Waals surface area contributed by atoms with Crippen molar-refractivity contribution in [1.29, 1.82) is 0 Å². The van der Waals surface area contributed by atoms with Gasteiger partial charge in [0.2, 0.25) is 0 Å². The van der Waals surface area contributed by atoms with Gasteiger partial charge in [-0.05, 0) is 23.8 Å². The highest BCUT2D eigenvalue weighted by Crippen LogP contribution is 2.33. The topological polar surface area (TPSA) is 59.1 Å². The summed E-state index contributed by atoms with van der Waals surface area (Å²) in [6.45, 7) is 0.192. The molecule has 0 radical (unpaired) electrons. The molecule has 2 aromatic rings. The Bertz CT molecular complexity index is 550. The predicted octanol–water partition coefficient (Wildman–Crippen LogP) is 2.65. The number of pyridine rings is 1. The third-order valence-corrected chi connectivity index (χ3v) is 3.36. The van der Waals surface area contributed by atoms with E-state index in [1.165, 1.54) is 12.1 Å². The van der Waals surface area contributed by atoms with E-state index in [-0.39, 0.29) is 17.1 Å². The van der Waals surface area contributed by atoms with E-state index < -0.39 is 17.8 Å². The van der Waals surface area contributed by atoms with Crippen molar-refractivity contribution in [3.63, 3.8) is 0 Å². The highest BCUT2D eigenvalue weighted by molar-refractivity contribution is 6.30. The minimum atomic E-state index is -1.05. The molecule has 100 valence electrons. The molecule has 0 fully saturated rings. The quantitative estimate of drug-likeness (QED) is 0.905. The van der Waals surface area contributed by atoms with Crippen LogP contribution in [0.1, 0.15) is 23.1 Å². The lowest BCUT2D eigenvalue weighted by Crippen LogP contribution is -2.21. The van der Waals surface area contributed by atoms with Crippen LogP contribution >= 0.6 is 11.6 Å². The summed E-state index contributed by atoms with van der Waals surface area (Å²) >= 11 is 5.72. The fourth-order valence-corrected chi connectivity index (χ4v) is 2.21. The van der Waals surface area contributed by atoms with Crippen molar-refractivity contribution in [1.82, 2.24) is 4.98 Å². The van der Waals surface area contributed by atoms with E-state index in [1.807, 2.05) is 0 Å². The summed E-state index contributed by atoms with van der Waals surface area (Å²) in [5.41, 5.74) is 6.66. The summed E-state index contributed by atoms with van der Waals surface area (Å²) in [4.78, 5) is 3.91. The van der Waals surface area contributed by atoms with E-state index in [0.29, 0.717) is 0 Å². The number of hydrogen-bond acceptors (Lipinski definition) is 3. The van der Waals surface area contributed by atoms with Gasteiger partial charge in [-0.3, -0.25) is 4.98 Å². The van der Waals surface area contributed by atoms with Crippen molar-refractivity contribution in [3.05, 3.63) is 64.7 Å². The standard InChI is InChI=1S/C14H14ClFN2O/c15-12-3-1-2-10(13(12)16)14(19)11(8-17)9-4-6-18-7-5-9/h1-7,11,14,19H,8,17H2. The van der Waals surface area contributed by atoms with Gasteiger partial charge in [-0.1, -0.05) is 23.7 Å². The van der Waals surface area contributed by atoms with Gasteiger partial charge in [0, 0.05) is 30.4 Å². The summed E-state index contributed by atoms with van der Waals surface area (Å²) in [5, 5.41) is 10.3. The molecule has 0 aliphatic heterocycles. The van der Waals surface area contributed by atoms with Crippen LogP contribution in [0.2, 0.25) is 5.02 Å². The number of hydrogen-bond donors (Lipinski definition) is 2. The maximum Gasteiger partial charge on any atom is 0.147 e. The second-order valence-electron chi connectivity index (χ2n) is 4.21. The smallest absolute Gasteiger partial charge is 0.147 e. The third-order valence-electron chi connectivity index (χ3n) is 3.07. The molecule has 3 N–H and O–H groups in total. The molecule has 2 rings (SSSR count). The first-order valence-corrected chi connectivity index (χ1v) is 6.25. The fraction of sp³-hybridized carbons (Fsp3) is 0.214. The van der Waals surface area contributed by atoms with Crippen LogP contribution in [0.25, 0.3) is 0 Å². The van der Waals surface area contributed by atoms with Crippen LogP contribution in [-0.2, 0) is 0 Å². The highest BCUT2D eigenvalue weighted by Gasteiger charge is 2.24. The number of halogens is 2. The molecule has 0 saturated heterocycles. The molecule has 0 spiro atoms. The first-order chi connectivity index (χ1) is 9.15. The van der Waals surface area contributed by atoms with Crippen LogP contribution < -0.4 is 5.73 Å². The van der Waals surface area contributed by atoms with Crippen LogP contribution in [-0.4, -0.2) is 16.6 Å². The molecule has 2 unspecified atom stereocenters. The van der Waals surface area contributed by atoms with Crippen LogP contribution in [0, 0.1) is 5.82 Å². The summed E-state index contributed by atoms with van der Waals surface area (Å²) in [5.74, 6) is -1.01. The number of aliphatic hydroxyl groups is 1. The van der Waals surface area contributed by atoms with Gasteiger partial charge >= 0.3 is 0 Å². The van der Waals surface area contributed by atoms with Crippen LogP contribution in [0.3, 0.4) is 0 Å². The number of benzene rings is 1. The van der Waals surface area contributed by atoms with Gasteiger partial charge in [0.05, 0.1) is 11.1 Å². The Morgan fingerprint density at radius 2 is 1.95 bits per heavy atom. The molecule has 19 heavy (non-hydrogen) atoms. The monoisotopic (exact) mass is 280 g/mol. The van der Waals surface area contributed by atoms with Gasteiger partial charge < -0.3 is 10.8 Å². The van der Waals surface area contributed by atoms with Gasteiger partial charge in [0.25, 0.3) is 0 Å². The summed E-state index contributed by atoms with van der Waals surface area (Å²) in [6.07, 6.45) is 2.17. The number of nitrogens with two attached hydrogens (primary N) is 1. The Hall–Kier alpha value is -1.49. The van der Waals surface area contributed by atoms with E-state index in [2.05, 4.69) is 4.98 Å². The zero-order valence-corrected chi connectivity index (χ0v) is 10.9. The molecule has 1 aromatic carbocycles. The molecule has 5 heteroatoms. The Morgan fingerprint density at radius 3 is 2.58 bits per heavy atom. The lowest BCUT2D eigenvalue weighted by molar-refractivity contribution is 0.143. The average Bonchev–Trinajstić information content (AvgIpc) is 2.44. The second-order valence-corrected chi connectivity index (χ2v) is 4.62. The van der Waals surface area contributed by atoms with Crippen molar-refractivity contribution < 1.29 is 9.50 Å². The number of aliphatic hydroxyl groups excluding tert-OH is 1. The number of rotatable bonds is 4. The second kappa shape index (κ2) is 6.10. The van der Waals surface area contributed by atoms with Crippen molar-refractivity contribution in [2.75, 3.05) is 6.54 Å². The van der Waals surface area contributed by atoms with E-state index in [0.717, 1.165) is 5.56 Å². The van der Waals surface area contributed by atoms with E-state index in [4.69, 9.17) is 17.3 Å². The Labute approximate surface area is 115 Å². The molecule has 0 amide bonds. The zero-order chi connectivity index (χ0) is 13.8. The minimum Gasteiger partial charge on any atom is -0.388 e. The minimum absolute atomic E-state index is 0.0120. The van der Waals surface area contributed by atoms with Crippen LogP contribution in [0.15, 0.2) is 42.7 Å². The van der Waals surface area contributed by atoms with E-state index in [9.17, 15) is 9.50 Å². The third kappa shape index (κ3) is 2.92. The van der Waals surface area contributed by atoms with Gasteiger partial charge in [0.1, 0.15) is 5.82 Å². The van der Waals surface area contributed by atoms with Crippen molar-refractivity contribution in [3.8, 4) is 0 Å². The van der Waals surface area contributed by atoms with Gasteiger partial charge in [-0.2, -0.15) is 0 Å². The van der Waals surface area contributed by atoms with Crippen LogP contribution in [0.4, 0.5) is 4.39 Å². The highest BCUT2D eigenvalue weighted by atomic mass is 35.5. The van der Waals surface area contributed by atoms with E-state index >= 15 is 0 Å². The van der Waals surface area contributed by atoms with Crippen molar-refractivity contribution in [2.24, 2.45) is 5.73 Å². The molecule has 0 bridgehead atoms. The first-order valence-electron chi connectivity index (χ1n) is 5.87. The van der Waals surface area contributed by atoms with Gasteiger partial charge in [-0.25, -0.2) is 4.39 Å². The SMILES string of the molecule is NCC(c1ccncc1)C(O)c1cccc(Cl)c1F. The molecule has 0 aliphatic carbocycles. The number of nitrogens with zero attached hydrogens (tertiary/aromatic N) is 1. The van der Waals surface area contributed by atoms with Crippen molar-refractivity contribution >= 4 is 11.6 Å². The molecular formula is C14H14ClFN2O. The summed E-state index contributed by atoms with van der Waals surface area (Å²) < 4.78 is 13.9. The first kappa shape index (κ1) is 13.9. The molecule has 1 heterocycles. The Morgan fingerprint density at radius 1 is 1.26 bits per heavy atom. The van der Waals surface area contributed by atoms with Crippen LogP contribution in [0.5, 0.6) is 0 Å². The normalized spacial score (nSPS) is 14.1. The lowest BCUT2D eigenvalue weighted by atomic mass is 9.89. The summed E-state index contributed by atoms with van der Waals surface area (Å²) in [7, 11) is 0. The molecule has 3 nitrogen and oxygen atoms in total. The predicted molar refractivity (Wildman–Crippen MR) is 72.4 cm³/mol. The Balaban J connectivity index is 2.36. The molecule has 0 saturated carbocycles. The number of aromatic nitrogens is 1. The Kier molecular flexibility index (Phi) is 4.47. The van der Waals surface area contributed by atoms with Crippen molar-refractivity contribution in [2.45, 2.75) is 12.0 Å². The molecule has 1 aromatic heterocycles. The molecular weight excluding hydrogens is 267 g/mol. The molecule has 2 atom stereocenters. The lowest BCUT2D eigenvalue weighted by Gasteiger charge is -2.22. The van der Waals surface area contributed by atoms with Gasteiger partial charge in [-0.15, -0.1) is 0 Å². The fourth-order valence-electron chi connectivity index (χ4n) is 2.02.